The number of hydrogen-bond acceptors (Lipinski definition) is 5. The van der Waals surface area contributed by atoms with Crippen molar-refractivity contribution < 1.29 is 22.8 Å². The van der Waals surface area contributed by atoms with Gasteiger partial charge in [-0.2, -0.15) is 0 Å². The zero-order valence-electron chi connectivity index (χ0n) is 18.5. The van der Waals surface area contributed by atoms with Crippen molar-refractivity contribution in [1.82, 2.24) is 9.88 Å². The molecule has 0 aliphatic carbocycles. The van der Waals surface area contributed by atoms with Gasteiger partial charge in [-0.05, 0) is 53.6 Å². The Morgan fingerprint density at radius 1 is 0.914 bits per heavy atom. The van der Waals surface area contributed by atoms with Gasteiger partial charge in [0.25, 0.3) is 11.8 Å². The number of para-hydroxylation sites is 1. The normalized spacial score (nSPS) is 10.9. The van der Waals surface area contributed by atoms with E-state index in [0.717, 1.165) is 11.1 Å². The molecule has 2 amide bonds. The topological polar surface area (TPSA) is 88.6 Å². The summed E-state index contributed by atoms with van der Waals surface area (Å²) in [5, 5.41) is 3.35. The second kappa shape index (κ2) is 9.64. The highest BCUT2D eigenvalue weighted by molar-refractivity contribution is 6.13. The molecule has 0 aliphatic heterocycles. The van der Waals surface area contributed by atoms with Crippen LogP contribution in [-0.2, 0) is 13.1 Å². The van der Waals surface area contributed by atoms with Gasteiger partial charge in [0.2, 0.25) is 5.76 Å². The molecule has 2 aromatic carbocycles. The third kappa shape index (κ3) is 4.81. The number of halogens is 1. The molecule has 5 rings (SSSR count). The number of amides is 2. The van der Waals surface area contributed by atoms with Crippen molar-refractivity contribution in [3.63, 3.8) is 0 Å². The van der Waals surface area contributed by atoms with Gasteiger partial charge in [-0.1, -0.05) is 30.3 Å². The number of furan rings is 2. The molecule has 0 unspecified atom stereocenters. The fraction of sp³-hybridized carbons (Fsp3) is 0.0741. The first-order chi connectivity index (χ1) is 17.1. The summed E-state index contributed by atoms with van der Waals surface area (Å²) in [6, 6.07) is 19.8. The van der Waals surface area contributed by atoms with Gasteiger partial charge in [0.15, 0.2) is 5.76 Å². The first-order valence-corrected chi connectivity index (χ1v) is 10.9. The molecule has 0 atom stereocenters. The maximum absolute atomic E-state index is 13.8. The van der Waals surface area contributed by atoms with Crippen molar-refractivity contribution in [3.05, 3.63) is 120 Å². The van der Waals surface area contributed by atoms with Gasteiger partial charge in [-0.25, -0.2) is 4.39 Å². The average molecular weight is 469 g/mol. The number of rotatable bonds is 7. The zero-order chi connectivity index (χ0) is 24.2. The Bertz CT molecular complexity index is 1460. The number of nitrogens with zero attached hydrogens (tertiary/aromatic N) is 2. The Balaban J connectivity index is 1.53. The Morgan fingerprint density at radius 2 is 1.71 bits per heavy atom. The van der Waals surface area contributed by atoms with Crippen molar-refractivity contribution in [1.29, 1.82) is 0 Å². The zero-order valence-corrected chi connectivity index (χ0v) is 18.5. The number of carbonyl (C=O) groups is 2. The van der Waals surface area contributed by atoms with E-state index in [4.69, 9.17) is 8.83 Å². The monoisotopic (exact) mass is 469 g/mol. The molecule has 0 radical (unpaired) electrons. The van der Waals surface area contributed by atoms with Crippen LogP contribution in [0, 0.1) is 5.82 Å². The molecule has 7 nitrogen and oxygen atoms in total. The summed E-state index contributed by atoms with van der Waals surface area (Å²) in [5.74, 6) is -1.22. The van der Waals surface area contributed by atoms with Gasteiger partial charge in [0, 0.05) is 30.9 Å². The van der Waals surface area contributed by atoms with Gasteiger partial charge in [-0.3, -0.25) is 14.6 Å². The largest absolute Gasteiger partial charge is 0.459 e. The molecule has 0 saturated heterocycles. The number of nitrogens with one attached hydrogen (secondary N) is 1. The second-order valence-corrected chi connectivity index (χ2v) is 7.88. The molecular weight excluding hydrogens is 449 g/mol. The second-order valence-electron chi connectivity index (χ2n) is 7.88. The van der Waals surface area contributed by atoms with Gasteiger partial charge in [0.1, 0.15) is 17.1 Å². The third-order valence-electron chi connectivity index (χ3n) is 5.44. The van der Waals surface area contributed by atoms with E-state index in [9.17, 15) is 14.0 Å². The maximum Gasteiger partial charge on any atom is 0.292 e. The quantitative estimate of drug-likeness (QED) is 0.333. The lowest BCUT2D eigenvalue weighted by molar-refractivity contribution is 0.0701. The SMILES string of the molecule is O=C(Nc1c(C(=O)N(Cc2ccc(F)cc2)Cc2cccnc2)oc2ccccc12)c1ccco1. The Kier molecular flexibility index (Phi) is 6.09. The fourth-order valence-corrected chi connectivity index (χ4v) is 3.77. The molecule has 0 saturated carbocycles. The molecular formula is C27H20FN3O4. The first-order valence-electron chi connectivity index (χ1n) is 10.9. The molecule has 3 aromatic heterocycles. The Morgan fingerprint density at radius 3 is 2.46 bits per heavy atom. The molecule has 3 heterocycles. The lowest BCUT2D eigenvalue weighted by Crippen LogP contribution is -2.30. The summed E-state index contributed by atoms with van der Waals surface area (Å²) >= 11 is 0. The van der Waals surface area contributed by atoms with Crippen molar-refractivity contribution in [3.8, 4) is 0 Å². The molecule has 0 aliphatic rings. The highest BCUT2D eigenvalue weighted by atomic mass is 19.1. The van der Waals surface area contributed by atoms with Crippen molar-refractivity contribution in [2.75, 3.05) is 5.32 Å². The van der Waals surface area contributed by atoms with Crippen LogP contribution in [0.3, 0.4) is 0 Å². The smallest absolute Gasteiger partial charge is 0.292 e. The number of hydrogen-bond donors (Lipinski definition) is 1. The molecule has 35 heavy (non-hydrogen) atoms. The average Bonchev–Trinajstić information content (AvgIpc) is 3.54. The van der Waals surface area contributed by atoms with E-state index in [1.807, 2.05) is 6.07 Å². The number of benzene rings is 2. The predicted octanol–water partition coefficient (Wildman–Crippen LogP) is 5.65. The highest BCUT2D eigenvalue weighted by Crippen LogP contribution is 2.33. The molecule has 0 spiro atoms. The summed E-state index contributed by atoms with van der Waals surface area (Å²) in [6.07, 6.45) is 4.72. The van der Waals surface area contributed by atoms with Crippen LogP contribution in [0.2, 0.25) is 0 Å². The van der Waals surface area contributed by atoms with Gasteiger partial charge in [-0.15, -0.1) is 0 Å². The predicted molar refractivity (Wildman–Crippen MR) is 127 cm³/mol. The van der Waals surface area contributed by atoms with Crippen LogP contribution in [0.5, 0.6) is 0 Å². The number of pyridine rings is 1. The summed E-state index contributed by atoms with van der Waals surface area (Å²) in [6.45, 7) is 0.420. The van der Waals surface area contributed by atoms with Crippen LogP contribution in [0.15, 0.2) is 100 Å². The molecule has 0 bridgehead atoms. The van der Waals surface area contributed by atoms with Crippen molar-refractivity contribution in [2.24, 2.45) is 0 Å². The van der Waals surface area contributed by atoms with Crippen LogP contribution in [0.1, 0.15) is 32.2 Å². The summed E-state index contributed by atoms with van der Waals surface area (Å²) in [7, 11) is 0. The van der Waals surface area contributed by atoms with E-state index < -0.39 is 11.8 Å². The first kappa shape index (κ1) is 22.1. The van der Waals surface area contributed by atoms with E-state index >= 15 is 0 Å². The van der Waals surface area contributed by atoms with E-state index in [-0.39, 0.29) is 36.1 Å². The number of fused-ring (bicyclic) bond motifs is 1. The Labute approximate surface area is 199 Å². The molecule has 174 valence electrons. The molecule has 1 N–H and O–H groups in total. The van der Waals surface area contributed by atoms with E-state index in [0.29, 0.717) is 11.0 Å². The van der Waals surface area contributed by atoms with Crippen LogP contribution in [0.4, 0.5) is 10.1 Å². The minimum atomic E-state index is -0.507. The lowest BCUT2D eigenvalue weighted by atomic mass is 10.1. The molecule has 0 fully saturated rings. The maximum atomic E-state index is 13.8. The van der Waals surface area contributed by atoms with E-state index in [1.54, 1.807) is 65.8 Å². The van der Waals surface area contributed by atoms with Crippen LogP contribution in [0.25, 0.3) is 11.0 Å². The summed E-state index contributed by atoms with van der Waals surface area (Å²) in [4.78, 5) is 32.3. The summed E-state index contributed by atoms with van der Waals surface area (Å²) < 4.78 is 24.6. The number of aromatic nitrogens is 1. The Hall–Kier alpha value is -4.72. The lowest BCUT2D eigenvalue weighted by Gasteiger charge is -2.22. The van der Waals surface area contributed by atoms with Crippen molar-refractivity contribution in [2.45, 2.75) is 13.1 Å². The van der Waals surface area contributed by atoms with E-state index in [2.05, 4.69) is 10.3 Å². The van der Waals surface area contributed by atoms with Crippen LogP contribution >= 0.6 is 0 Å². The van der Waals surface area contributed by atoms with Gasteiger partial charge >= 0.3 is 0 Å². The minimum Gasteiger partial charge on any atom is -0.459 e. The van der Waals surface area contributed by atoms with E-state index in [1.165, 1.54) is 24.5 Å². The standard InChI is InChI=1S/C27H20FN3O4/c28-20-11-9-18(10-12-20)16-31(17-19-5-3-13-29-15-19)27(33)25-24(21-6-1-2-7-22(21)35-25)30-26(32)23-8-4-14-34-23/h1-15H,16-17H2,(H,30,32). The van der Waals surface area contributed by atoms with Crippen molar-refractivity contribution >= 4 is 28.5 Å². The minimum absolute atomic E-state index is 0.0166. The summed E-state index contributed by atoms with van der Waals surface area (Å²) in [5.41, 5.74) is 2.25. The highest BCUT2D eigenvalue weighted by Gasteiger charge is 2.27. The van der Waals surface area contributed by atoms with Crippen LogP contribution < -0.4 is 5.32 Å². The molecule has 8 heteroatoms. The third-order valence-corrected chi connectivity index (χ3v) is 5.44. The number of carbonyl (C=O) groups excluding carboxylic acids is 2. The molecule has 5 aromatic rings. The number of anilines is 1. The van der Waals surface area contributed by atoms with Gasteiger partial charge < -0.3 is 19.1 Å². The van der Waals surface area contributed by atoms with Gasteiger partial charge in [0.05, 0.1) is 6.26 Å². The fourth-order valence-electron chi connectivity index (χ4n) is 3.77. The van der Waals surface area contributed by atoms with Crippen LogP contribution in [-0.4, -0.2) is 21.7 Å².